The number of H-pyrrole nitrogens is 1. The maximum Gasteiger partial charge on any atom is 0.0545 e. The van der Waals surface area contributed by atoms with Gasteiger partial charge in [0.05, 0.1) is 5.52 Å². The van der Waals surface area contributed by atoms with Crippen LogP contribution >= 0.6 is 11.3 Å². The molecule has 0 radical (unpaired) electrons. The minimum absolute atomic E-state index is 1.19. The number of rotatable bonds is 26. The monoisotopic (exact) mass is 716 g/mol. The molecule has 0 bridgehead atoms. The molecule has 0 saturated carbocycles. The van der Waals surface area contributed by atoms with E-state index in [1.807, 2.05) is 11.3 Å². The van der Waals surface area contributed by atoms with Gasteiger partial charge in [-0.15, -0.1) is 11.3 Å². The molecule has 0 saturated heterocycles. The zero-order valence-corrected chi connectivity index (χ0v) is 33.9. The van der Waals surface area contributed by atoms with Crippen molar-refractivity contribution in [2.45, 2.75) is 181 Å². The van der Waals surface area contributed by atoms with Crippen molar-refractivity contribution in [2.75, 3.05) is 0 Å². The number of benzene rings is 4. The molecule has 0 amide bonds. The van der Waals surface area contributed by atoms with Gasteiger partial charge in [0.15, 0.2) is 0 Å². The Morgan fingerprint density at radius 2 is 0.769 bits per heavy atom. The summed E-state index contributed by atoms with van der Waals surface area (Å²) < 4.78 is 2.88. The van der Waals surface area contributed by atoms with Crippen molar-refractivity contribution >= 4 is 64.1 Å². The molecule has 4 aromatic carbocycles. The van der Waals surface area contributed by atoms with E-state index in [1.165, 1.54) is 231 Å². The fraction of sp³-hybridized carbons (Fsp3) is 0.560. The maximum atomic E-state index is 3.88. The summed E-state index contributed by atoms with van der Waals surface area (Å²) in [6.45, 7) is 4.61. The predicted molar refractivity (Wildman–Crippen MR) is 236 cm³/mol. The van der Waals surface area contributed by atoms with Crippen LogP contribution in [0.15, 0.2) is 60.7 Å². The van der Waals surface area contributed by atoms with Gasteiger partial charge in [-0.25, -0.2) is 0 Å². The number of aryl methyl sites for hydroxylation is 2. The molecule has 6 rings (SSSR count). The van der Waals surface area contributed by atoms with Crippen molar-refractivity contribution < 1.29 is 0 Å². The van der Waals surface area contributed by atoms with Crippen LogP contribution in [0.4, 0.5) is 0 Å². The molecule has 280 valence electrons. The smallest absolute Gasteiger partial charge is 0.0545 e. The van der Waals surface area contributed by atoms with Gasteiger partial charge in [-0.2, -0.15) is 0 Å². The first-order valence-corrected chi connectivity index (χ1v) is 22.9. The van der Waals surface area contributed by atoms with Crippen LogP contribution in [0.2, 0.25) is 0 Å². The normalized spacial score (nSPS) is 12.1. The molecule has 0 unspecified atom stereocenters. The van der Waals surface area contributed by atoms with Gasteiger partial charge >= 0.3 is 0 Å². The number of fused-ring (bicyclic) bond motifs is 9. The summed E-state index contributed by atoms with van der Waals surface area (Å²) in [5.41, 5.74) is 5.56. The molecule has 52 heavy (non-hydrogen) atoms. The predicted octanol–water partition coefficient (Wildman–Crippen LogP) is 17.3. The van der Waals surface area contributed by atoms with Gasteiger partial charge in [0.25, 0.3) is 0 Å². The lowest BCUT2D eigenvalue weighted by Gasteiger charge is -2.04. The SMILES string of the molecule is CCCCCCCCCCCCCCc1ccc2c(c1)[nH]c1c2ccc2c1ccc1c3ccc(CCCCCCCCCCCCCC)cc3sc12. The van der Waals surface area contributed by atoms with E-state index < -0.39 is 0 Å². The highest BCUT2D eigenvalue weighted by atomic mass is 32.1. The van der Waals surface area contributed by atoms with Gasteiger partial charge in [-0.3, -0.25) is 0 Å². The van der Waals surface area contributed by atoms with Crippen LogP contribution in [0, 0.1) is 0 Å². The van der Waals surface area contributed by atoms with E-state index in [1.54, 1.807) is 0 Å². The van der Waals surface area contributed by atoms with Crippen molar-refractivity contribution in [2.24, 2.45) is 0 Å². The number of aromatic nitrogens is 1. The lowest BCUT2D eigenvalue weighted by molar-refractivity contribution is 0.544. The van der Waals surface area contributed by atoms with E-state index >= 15 is 0 Å². The van der Waals surface area contributed by atoms with Gasteiger partial charge in [0.2, 0.25) is 0 Å². The Labute approximate surface area is 320 Å². The standard InChI is InChI=1S/C50H69NS/c1-3-5-7-9-11-13-15-17-19-21-23-25-27-39-29-31-41-43-33-36-46-44(49(43)51-47(41)37-39)34-35-45-42-32-30-40(38-48(42)52-50(45)46)28-26-24-22-20-18-16-14-12-10-8-6-4-2/h29-38,51H,3-28H2,1-2H3. The Bertz CT molecular complexity index is 1800. The van der Waals surface area contributed by atoms with Gasteiger partial charge in [-0.05, 0) is 48.9 Å². The van der Waals surface area contributed by atoms with E-state index in [0.29, 0.717) is 0 Å². The largest absolute Gasteiger partial charge is 0.354 e. The van der Waals surface area contributed by atoms with Crippen molar-refractivity contribution in [3.05, 3.63) is 71.8 Å². The van der Waals surface area contributed by atoms with Gasteiger partial charge in [-0.1, -0.05) is 204 Å². The third-order valence-corrected chi connectivity index (χ3v) is 13.2. The van der Waals surface area contributed by atoms with Crippen LogP contribution in [-0.2, 0) is 12.8 Å². The number of unbranched alkanes of at least 4 members (excludes halogenated alkanes) is 22. The highest BCUT2D eigenvalue weighted by Gasteiger charge is 2.14. The first kappa shape index (κ1) is 38.9. The Kier molecular flexibility index (Phi) is 15.8. The van der Waals surface area contributed by atoms with Crippen LogP contribution in [0.3, 0.4) is 0 Å². The molecule has 6 aromatic rings. The van der Waals surface area contributed by atoms with Crippen LogP contribution in [0.1, 0.15) is 179 Å². The Hall–Kier alpha value is -2.84. The zero-order chi connectivity index (χ0) is 35.8. The van der Waals surface area contributed by atoms with Crippen LogP contribution in [0.5, 0.6) is 0 Å². The Morgan fingerprint density at radius 3 is 1.29 bits per heavy atom. The fourth-order valence-corrected chi connectivity index (χ4v) is 10.1. The van der Waals surface area contributed by atoms with Crippen LogP contribution in [0.25, 0.3) is 52.8 Å². The third-order valence-electron chi connectivity index (χ3n) is 12.0. The van der Waals surface area contributed by atoms with Crippen LogP contribution in [-0.4, -0.2) is 4.98 Å². The first-order chi connectivity index (χ1) is 25.8. The number of aromatic amines is 1. The van der Waals surface area contributed by atoms with Crippen molar-refractivity contribution in [1.29, 1.82) is 0 Å². The van der Waals surface area contributed by atoms with Gasteiger partial charge in [0, 0.05) is 47.2 Å². The molecular weight excluding hydrogens is 647 g/mol. The molecule has 2 heterocycles. The lowest BCUT2D eigenvalue weighted by Crippen LogP contribution is -1.87. The second-order valence-corrected chi connectivity index (χ2v) is 17.3. The highest BCUT2D eigenvalue weighted by Crippen LogP contribution is 2.41. The number of thiophene rings is 1. The molecule has 0 spiro atoms. The summed E-state index contributed by atoms with van der Waals surface area (Å²) >= 11 is 1.99. The number of nitrogens with one attached hydrogen (secondary N) is 1. The average Bonchev–Trinajstić information content (AvgIpc) is 3.73. The Balaban J connectivity index is 0.999. The molecule has 0 atom stereocenters. The third kappa shape index (κ3) is 10.6. The molecule has 2 aromatic heterocycles. The summed E-state index contributed by atoms with van der Waals surface area (Å²) in [6.07, 6.45) is 36.2. The minimum atomic E-state index is 1.19. The van der Waals surface area contributed by atoms with Crippen molar-refractivity contribution in [1.82, 2.24) is 4.98 Å². The van der Waals surface area contributed by atoms with Gasteiger partial charge in [0.1, 0.15) is 0 Å². The van der Waals surface area contributed by atoms with E-state index in [0.717, 1.165) is 0 Å². The maximum absolute atomic E-state index is 3.88. The van der Waals surface area contributed by atoms with E-state index in [4.69, 9.17) is 0 Å². The first-order valence-electron chi connectivity index (χ1n) is 22.1. The van der Waals surface area contributed by atoms with E-state index in [-0.39, 0.29) is 0 Å². The van der Waals surface area contributed by atoms with E-state index in [2.05, 4.69) is 79.5 Å². The lowest BCUT2D eigenvalue weighted by atomic mass is 10.0. The Morgan fingerprint density at radius 1 is 0.385 bits per heavy atom. The summed E-state index contributed by atoms with van der Waals surface area (Å²) in [4.78, 5) is 3.88. The van der Waals surface area contributed by atoms with Crippen molar-refractivity contribution in [3.8, 4) is 0 Å². The summed E-state index contributed by atoms with van der Waals surface area (Å²) in [7, 11) is 0. The molecule has 0 fully saturated rings. The second kappa shape index (κ2) is 21.2. The molecule has 0 aliphatic carbocycles. The molecule has 0 aliphatic rings. The number of hydrogen-bond donors (Lipinski definition) is 1. The highest BCUT2D eigenvalue weighted by molar-refractivity contribution is 7.26. The fourth-order valence-electron chi connectivity index (χ4n) is 8.76. The summed E-state index contributed by atoms with van der Waals surface area (Å²) in [6, 6.07) is 24.0. The molecule has 2 heteroatoms. The summed E-state index contributed by atoms with van der Waals surface area (Å²) in [5.74, 6) is 0. The summed E-state index contributed by atoms with van der Waals surface area (Å²) in [5, 5.41) is 8.27. The van der Waals surface area contributed by atoms with Crippen molar-refractivity contribution in [3.63, 3.8) is 0 Å². The van der Waals surface area contributed by atoms with Crippen LogP contribution < -0.4 is 0 Å². The minimum Gasteiger partial charge on any atom is -0.354 e. The molecule has 0 aliphatic heterocycles. The zero-order valence-electron chi connectivity index (χ0n) is 33.1. The molecular formula is C50H69NS. The average molecular weight is 716 g/mol. The quantitative estimate of drug-likeness (QED) is 0.0538. The van der Waals surface area contributed by atoms with Gasteiger partial charge < -0.3 is 4.98 Å². The number of hydrogen-bond acceptors (Lipinski definition) is 1. The second-order valence-electron chi connectivity index (χ2n) is 16.2. The topological polar surface area (TPSA) is 15.8 Å². The molecule has 1 nitrogen and oxygen atoms in total. The molecule has 1 N–H and O–H groups in total. The van der Waals surface area contributed by atoms with E-state index in [9.17, 15) is 0 Å².